The van der Waals surface area contributed by atoms with Gasteiger partial charge < -0.3 is 10.6 Å². The molecule has 2 aromatic carbocycles. The molecule has 0 radical (unpaired) electrons. The first-order chi connectivity index (χ1) is 14.2. The van der Waals surface area contributed by atoms with Gasteiger partial charge >= 0.3 is 6.18 Å². The molecule has 2 N–H and O–H groups in total. The first-order valence-corrected chi connectivity index (χ1v) is 8.81. The van der Waals surface area contributed by atoms with E-state index < -0.39 is 30.1 Å². The zero-order valence-electron chi connectivity index (χ0n) is 15.4. The number of nitrogens with zero attached hydrogens (tertiary/aromatic N) is 3. The van der Waals surface area contributed by atoms with Crippen LogP contribution in [-0.2, 0) is 11.3 Å². The summed E-state index contributed by atoms with van der Waals surface area (Å²) in [6.45, 7) is -1.55. The van der Waals surface area contributed by atoms with Crippen LogP contribution in [0, 0.1) is 0 Å². The van der Waals surface area contributed by atoms with Crippen LogP contribution in [-0.4, -0.2) is 39.5 Å². The summed E-state index contributed by atoms with van der Waals surface area (Å²) in [7, 11) is 0. The SMILES string of the molecule is O=C(CCn1nnc2ccccc2c1=O)Nc1ccccc1C(=O)NCC(F)(F)F. The van der Waals surface area contributed by atoms with Gasteiger partial charge in [0, 0.05) is 6.42 Å². The number of amides is 2. The van der Waals surface area contributed by atoms with Crippen molar-refractivity contribution in [1.82, 2.24) is 20.3 Å². The molecule has 0 aliphatic rings. The van der Waals surface area contributed by atoms with E-state index in [1.807, 2.05) is 0 Å². The zero-order valence-corrected chi connectivity index (χ0v) is 15.4. The van der Waals surface area contributed by atoms with E-state index in [0.29, 0.717) is 10.9 Å². The Morgan fingerprint density at radius 1 is 1.03 bits per heavy atom. The van der Waals surface area contributed by atoms with E-state index in [2.05, 4.69) is 15.6 Å². The van der Waals surface area contributed by atoms with Gasteiger partial charge in [0.25, 0.3) is 11.5 Å². The minimum atomic E-state index is -4.55. The maximum absolute atomic E-state index is 12.4. The molecule has 0 saturated carbocycles. The van der Waals surface area contributed by atoms with E-state index in [4.69, 9.17) is 0 Å². The number of carbonyl (C=O) groups is 2. The molecule has 1 aromatic heterocycles. The Hall–Kier alpha value is -3.76. The molecule has 2 amide bonds. The molecule has 0 aliphatic carbocycles. The summed E-state index contributed by atoms with van der Waals surface area (Å²) in [5.74, 6) is -1.52. The van der Waals surface area contributed by atoms with Gasteiger partial charge in [0.1, 0.15) is 12.1 Å². The summed E-state index contributed by atoms with van der Waals surface area (Å²) < 4.78 is 38.0. The minimum absolute atomic E-state index is 0.0547. The molecule has 0 saturated heterocycles. The molecule has 3 rings (SSSR count). The second-order valence-corrected chi connectivity index (χ2v) is 6.28. The van der Waals surface area contributed by atoms with Gasteiger partial charge in [-0.1, -0.05) is 29.5 Å². The molecule has 0 unspecified atom stereocenters. The number of benzene rings is 2. The smallest absolute Gasteiger partial charge is 0.343 e. The quantitative estimate of drug-likeness (QED) is 0.637. The average Bonchev–Trinajstić information content (AvgIpc) is 2.71. The number of alkyl halides is 3. The van der Waals surface area contributed by atoms with Crippen molar-refractivity contribution >= 4 is 28.4 Å². The van der Waals surface area contributed by atoms with Crippen molar-refractivity contribution in [1.29, 1.82) is 0 Å². The highest BCUT2D eigenvalue weighted by Gasteiger charge is 2.28. The number of aryl methyl sites for hydroxylation is 1. The molecule has 0 fully saturated rings. The summed E-state index contributed by atoms with van der Waals surface area (Å²) in [5, 5.41) is 12.3. The highest BCUT2D eigenvalue weighted by atomic mass is 19.4. The third-order valence-corrected chi connectivity index (χ3v) is 4.08. The highest BCUT2D eigenvalue weighted by molar-refractivity contribution is 6.03. The second kappa shape index (κ2) is 8.72. The van der Waals surface area contributed by atoms with Crippen LogP contribution in [0.25, 0.3) is 10.9 Å². The van der Waals surface area contributed by atoms with Gasteiger partial charge in [0.05, 0.1) is 23.2 Å². The molecule has 156 valence electrons. The molecule has 11 heteroatoms. The van der Waals surface area contributed by atoms with Gasteiger partial charge in [0.2, 0.25) is 5.91 Å². The van der Waals surface area contributed by atoms with Crippen LogP contribution in [0.4, 0.5) is 18.9 Å². The van der Waals surface area contributed by atoms with E-state index in [0.717, 1.165) is 4.68 Å². The highest BCUT2D eigenvalue weighted by Crippen LogP contribution is 2.17. The lowest BCUT2D eigenvalue weighted by Crippen LogP contribution is -2.34. The van der Waals surface area contributed by atoms with E-state index in [1.54, 1.807) is 29.6 Å². The summed E-state index contributed by atoms with van der Waals surface area (Å²) in [6, 6.07) is 12.3. The van der Waals surface area contributed by atoms with Gasteiger partial charge in [-0.15, -0.1) is 5.10 Å². The standard InChI is InChI=1S/C19H16F3N5O3/c20-19(21,22)11-23-17(29)12-5-1-3-7-14(12)24-16(28)9-10-27-18(30)13-6-2-4-8-15(13)25-26-27/h1-8H,9-11H2,(H,23,29)(H,24,28). The predicted molar refractivity (Wildman–Crippen MR) is 102 cm³/mol. The number of para-hydroxylation sites is 1. The van der Waals surface area contributed by atoms with Crippen molar-refractivity contribution in [3.8, 4) is 0 Å². The van der Waals surface area contributed by atoms with E-state index in [1.165, 1.54) is 24.3 Å². The fourth-order valence-corrected chi connectivity index (χ4v) is 2.66. The molecular formula is C19H16F3N5O3. The molecule has 0 bridgehead atoms. The maximum Gasteiger partial charge on any atom is 0.405 e. The number of hydrogen-bond acceptors (Lipinski definition) is 5. The van der Waals surface area contributed by atoms with Crippen LogP contribution < -0.4 is 16.2 Å². The number of halogens is 3. The van der Waals surface area contributed by atoms with Crippen molar-refractivity contribution in [3.05, 3.63) is 64.4 Å². The Bertz CT molecular complexity index is 1140. The Morgan fingerprint density at radius 2 is 1.73 bits per heavy atom. The monoisotopic (exact) mass is 419 g/mol. The first-order valence-electron chi connectivity index (χ1n) is 8.81. The van der Waals surface area contributed by atoms with Crippen molar-refractivity contribution in [2.45, 2.75) is 19.1 Å². The van der Waals surface area contributed by atoms with Crippen LogP contribution in [0.15, 0.2) is 53.3 Å². The molecule has 0 aliphatic heterocycles. The van der Waals surface area contributed by atoms with Gasteiger partial charge in [0.15, 0.2) is 0 Å². The Labute approximate surface area is 167 Å². The molecule has 0 spiro atoms. The fourth-order valence-electron chi connectivity index (χ4n) is 2.66. The third-order valence-electron chi connectivity index (χ3n) is 4.08. The molecular weight excluding hydrogens is 403 g/mol. The number of aromatic nitrogens is 3. The lowest BCUT2D eigenvalue weighted by molar-refractivity contribution is -0.123. The van der Waals surface area contributed by atoms with Crippen LogP contribution in [0.1, 0.15) is 16.8 Å². The fraction of sp³-hybridized carbons (Fsp3) is 0.211. The van der Waals surface area contributed by atoms with Gasteiger partial charge in [-0.05, 0) is 24.3 Å². The van der Waals surface area contributed by atoms with E-state index in [-0.39, 0.29) is 24.2 Å². The van der Waals surface area contributed by atoms with Crippen LogP contribution in [0.2, 0.25) is 0 Å². The number of rotatable bonds is 6. The third kappa shape index (κ3) is 5.19. The van der Waals surface area contributed by atoms with Crippen molar-refractivity contribution in [2.75, 3.05) is 11.9 Å². The van der Waals surface area contributed by atoms with Gasteiger partial charge in [-0.25, -0.2) is 4.68 Å². The predicted octanol–water partition coefficient (Wildman–Crippen LogP) is 2.11. The number of fused-ring (bicyclic) bond motifs is 1. The second-order valence-electron chi connectivity index (χ2n) is 6.28. The van der Waals surface area contributed by atoms with E-state index in [9.17, 15) is 27.6 Å². The van der Waals surface area contributed by atoms with E-state index >= 15 is 0 Å². The summed E-state index contributed by atoms with van der Waals surface area (Å²) in [4.78, 5) is 36.7. The average molecular weight is 419 g/mol. The maximum atomic E-state index is 12.4. The first kappa shape index (κ1) is 21.0. The Morgan fingerprint density at radius 3 is 2.50 bits per heavy atom. The van der Waals surface area contributed by atoms with Crippen LogP contribution in [0.5, 0.6) is 0 Å². The van der Waals surface area contributed by atoms with Crippen molar-refractivity contribution < 1.29 is 22.8 Å². The molecule has 1 heterocycles. The normalized spacial score (nSPS) is 11.3. The lowest BCUT2D eigenvalue weighted by atomic mass is 10.1. The zero-order chi connectivity index (χ0) is 21.7. The van der Waals surface area contributed by atoms with Crippen molar-refractivity contribution in [2.24, 2.45) is 0 Å². The number of hydrogen-bond donors (Lipinski definition) is 2. The van der Waals surface area contributed by atoms with Gasteiger partial charge in [-0.3, -0.25) is 14.4 Å². The number of anilines is 1. The largest absolute Gasteiger partial charge is 0.405 e. The number of carbonyl (C=O) groups excluding carboxylic acids is 2. The molecule has 3 aromatic rings. The molecule has 8 nitrogen and oxygen atoms in total. The lowest BCUT2D eigenvalue weighted by Gasteiger charge is -2.12. The summed E-state index contributed by atoms with van der Waals surface area (Å²) >= 11 is 0. The molecule has 0 atom stereocenters. The van der Waals surface area contributed by atoms with Crippen LogP contribution >= 0.6 is 0 Å². The van der Waals surface area contributed by atoms with Crippen molar-refractivity contribution in [3.63, 3.8) is 0 Å². The molecule has 30 heavy (non-hydrogen) atoms. The topological polar surface area (TPSA) is 106 Å². The summed E-state index contributed by atoms with van der Waals surface area (Å²) in [5.41, 5.74) is -0.0285. The van der Waals surface area contributed by atoms with Crippen LogP contribution in [0.3, 0.4) is 0 Å². The Kier molecular flexibility index (Phi) is 6.09. The van der Waals surface area contributed by atoms with Gasteiger partial charge in [-0.2, -0.15) is 13.2 Å². The number of nitrogens with one attached hydrogen (secondary N) is 2. The summed E-state index contributed by atoms with van der Waals surface area (Å²) in [6.07, 6.45) is -4.71. The Balaban J connectivity index is 1.67. The minimum Gasteiger partial charge on any atom is -0.343 e.